The predicted octanol–water partition coefficient (Wildman–Crippen LogP) is 4.62. The summed E-state index contributed by atoms with van der Waals surface area (Å²) in [4.78, 5) is 7.04. The second kappa shape index (κ2) is 11.9. The maximum absolute atomic E-state index is 6.04. The van der Waals surface area contributed by atoms with E-state index in [0.717, 1.165) is 18.0 Å². The van der Waals surface area contributed by atoms with Gasteiger partial charge in [-0.05, 0) is 49.2 Å². The van der Waals surface area contributed by atoms with E-state index in [2.05, 4.69) is 39.5 Å². The van der Waals surface area contributed by atoms with E-state index in [4.69, 9.17) is 10.5 Å². The Labute approximate surface area is 185 Å². The van der Waals surface area contributed by atoms with Gasteiger partial charge in [0, 0.05) is 18.3 Å². The van der Waals surface area contributed by atoms with Crippen molar-refractivity contribution in [1.82, 2.24) is 4.90 Å². The monoisotopic (exact) mass is 494 g/mol. The average molecular weight is 494 g/mol. The Hall–Kier alpha value is -1.80. The van der Waals surface area contributed by atoms with Gasteiger partial charge in [0.1, 0.15) is 5.75 Å². The number of benzene rings is 2. The van der Waals surface area contributed by atoms with Gasteiger partial charge in [0.2, 0.25) is 0 Å². The van der Waals surface area contributed by atoms with Crippen molar-refractivity contribution in [1.29, 1.82) is 0 Å². The number of methoxy groups -OCH3 is 1. The maximum atomic E-state index is 6.04. The van der Waals surface area contributed by atoms with Crippen molar-refractivity contribution < 1.29 is 4.74 Å². The van der Waals surface area contributed by atoms with Gasteiger partial charge < -0.3 is 15.8 Å². The number of halogens is 1. The second-order valence-electron chi connectivity index (χ2n) is 7.07. The molecule has 0 amide bonds. The lowest BCUT2D eigenvalue weighted by molar-refractivity contribution is 0.277. The Bertz CT molecular complexity index is 758. The molecule has 1 saturated heterocycles. The van der Waals surface area contributed by atoms with Crippen LogP contribution in [0.3, 0.4) is 0 Å². The molecule has 0 aliphatic carbocycles. The molecule has 0 radical (unpaired) electrons. The number of nitrogens with zero attached hydrogens (tertiary/aromatic N) is 2. The molecular formula is C22H31IN4O. The zero-order chi connectivity index (χ0) is 18.9. The van der Waals surface area contributed by atoms with Crippen molar-refractivity contribution in [3.63, 3.8) is 0 Å². The quantitative estimate of drug-likeness (QED) is 0.350. The molecule has 1 aliphatic rings. The van der Waals surface area contributed by atoms with Crippen molar-refractivity contribution in [3.05, 3.63) is 59.7 Å². The largest absolute Gasteiger partial charge is 0.497 e. The molecule has 2 aromatic rings. The molecule has 3 N–H and O–H groups in total. The summed E-state index contributed by atoms with van der Waals surface area (Å²) in [7, 11) is 1.65. The fraction of sp³-hybridized carbons (Fsp3) is 0.409. The predicted molar refractivity (Wildman–Crippen MR) is 128 cm³/mol. The number of nitrogens with one attached hydrogen (secondary N) is 1. The van der Waals surface area contributed by atoms with E-state index >= 15 is 0 Å². The highest BCUT2D eigenvalue weighted by Gasteiger charge is 2.09. The Morgan fingerprint density at radius 3 is 2.50 bits per heavy atom. The number of hydrogen-bond acceptors (Lipinski definition) is 3. The fourth-order valence-electron chi connectivity index (χ4n) is 3.44. The normalized spacial score (nSPS) is 15.4. The first-order valence-corrected chi connectivity index (χ1v) is 9.74. The summed E-state index contributed by atoms with van der Waals surface area (Å²) in [6.45, 7) is 4.01. The van der Waals surface area contributed by atoms with Crippen molar-refractivity contribution in [2.45, 2.75) is 38.8 Å². The highest BCUT2D eigenvalue weighted by atomic mass is 127. The number of ether oxygens (including phenoxy) is 1. The Morgan fingerprint density at radius 1 is 1.04 bits per heavy atom. The van der Waals surface area contributed by atoms with Crippen LogP contribution in [-0.4, -0.2) is 31.1 Å². The fourth-order valence-corrected chi connectivity index (χ4v) is 3.44. The first-order chi connectivity index (χ1) is 13.2. The minimum Gasteiger partial charge on any atom is -0.497 e. The summed E-state index contributed by atoms with van der Waals surface area (Å²) in [6, 6.07) is 16.3. The summed E-state index contributed by atoms with van der Waals surface area (Å²) in [5.74, 6) is 1.19. The van der Waals surface area contributed by atoms with Crippen LogP contribution in [0.4, 0.5) is 5.69 Å². The molecule has 5 nitrogen and oxygen atoms in total. The Balaban J connectivity index is 0.00000280. The zero-order valence-electron chi connectivity index (χ0n) is 16.6. The minimum atomic E-state index is 0. The summed E-state index contributed by atoms with van der Waals surface area (Å²) < 4.78 is 5.22. The van der Waals surface area contributed by atoms with Gasteiger partial charge in [-0.3, -0.25) is 4.90 Å². The van der Waals surface area contributed by atoms with Gasteiger partial charge in [-0.25, -0.2) is 4.99 Å². The maximum Gasteiger partial charge on any atom is 0.193 e. The molecule has 0 aromatic heterocycles. The molecule has 2 aromatic carbocycles. The molecular weight excluding hydrogens is 463 g/mol. The molecule has 0 atom stereocenters. The van der Waals surface area contributed by atoms with E-state index < -0.39 is 0 Å². The van der Waals surface area contributed by atoms with Gasteiger partial charge in [0.15, 0.2) is 5.96 Å². The van der Waals surface area contributed by atoms with Crippen molar-refractivity contribution in [3.8, 4) is 5.75 Å². The van der Waals surface area contributed by atoms with Crippen molar-refractivity contribution >= 4 is 35.6 Å². The molecule has 1 fully saturated rings. The first kappa shape index (κ1) is 22.5. The summed E-state index contributed by atoms with van der Waals surface area (Å²) in [5.41, 5.74) is 9.44. The molecule has 0 unspecified atom stereocenters. The zero-order valence-corrected chi connectivity index (χ0v) is 18.9. The van der Waals surface area contributed by atoms with E-state index in [9.17, 15) is 0 Å². The van der Waals surface area contributed by atoms with Crippen LogP contribution < -0.4 is 15.8 Å². The molecule has 0 spiro atoms. The van der Waals surface area contributed by atoms with Crippen LogP contribution in [0.1, 0.15) is 36.8 Å². The number of anilines is 1. The van der Waals surface area contributed by atoms with Crippen LogP contribution in [0, 0.1) is 0 Å². The van der Waals surface area contributed by atoms with Crippen LogP contribution in [0.2, 0.25) is 0 Å². The molecule has 3 rings (SSSR count). The lowest BCUT2D eigenvalue weighted by atomic mass is 10.1. The third kappa shape index (κ3) is 7.31. The van der Waals surface area contributed by atoms with Crippen LogP contribution in [0.15, 0.2) is 53.5 Å². The van der Waals surface area contributed by atoms with Gasteiger partial charge in [-0.1, -0.05) is 43.2 Å². The highest BCUT2D eigenvalue weighted by Crippen LogP contribution is 2.17. The van der Waals surface area contributed by atoms with Crippen LogP contribution >= 0.6 is 24.0 Å². The van der Waals surface area contributed by atoms with Crippen LogP contribution in [0.5, 0.6) is 5.75 Å². The number of likely N-dealkylation sites (tertiary alicyclic amines) is 1. The molecule has 1 aliphatic heterocycles. The van der Waals surface area contributed by atoms with E-state index in [0.29, 0.717) is 12.5 Å². The van der Waals surface area contributed by atoms with E-state index in [1.54, 1.807) is 7.11 Å². The van der Waals surface area contributed by atoms with Crippen molar-refractivity contribution in [2.24, 2.45) is 10.7 Å². The van der Waals surface area contributed by atoms with Gasteiger partial charge in [0.05, 0.1) is 13.7 Å². The third-order valence-corrected chi connectivity index (χ3v) is 4.87. The SMILES string of the molecule is COc1cccc(NC(N)=NCc2cccc(CN3CCCCCC3)c2)c1.I. The number of nitrogens with two attached hydrogens (primary N) is 1. The van der Waals surface area contributed by atoms with Gasteiger partial charge in [-0.15, -0.1) is 24.0 Å². The Morgan fingerprint density at radius 2 is 1.75 bits per heavy atom. The van der Waals surface area contributed by atoms with E-state index in [1.807, 2.05) is 24.3 Å². The van der Waals surface area contributed by atoms with Crippen LogP contribution in [0.25, 0.3) is 0 Å². The lowest BCUT2D eigenvalue weighted by Gasteiger charge is -2.20. The molecule has 6 heteroatoms. The summed E-state index contributed by atoms with van der Waals surface area (Å²) in [5, 5.41) is 3.11. The van der Waals surface area contributed by atoms with Crippen LogP contribution in [-0.2, 0) is 13.1 Å². The number of hydrogen-bond donors (Lipinski definition) is 2. The second-order valence-corrected chi connectivity index (χ2v) is 7.07. The number of rotatable bonds is 6. The third-order valence-electron chi connectivity index (χ3n) is 4.87. The molecule has 28 heavy (non-hydrogen) atoms. The van der Waals surface area contributed by atoms with E-state index in [1.165, 1.54) is 49.9 Å². The topological polar surface area (TPSA) is 62.9 Å². The molecule has 1 heterocycles. The first-order valence-electron chi connectivity index (χ1n) is 9.74. The highest BCUT2D eigenvalue weighted by molar-refractivity contribution is 14.0. The Kier molecular flexibility index (Phi) is 9.57. The van der Waals surface area contributed by atoms with Gasteiger partial charge >= 0.3 is 0 Å². The number of aliphatic imine (C=N–C) groups is 1. The molecule has 0 saturated carbocycles. The summed E-state index contributed by atoms with van der Waals surface area (Å²) >= 11 is 0. The van der Waals surface area contributed by atoms with Crippen molar-refractivity contribution in [2.75, 3.05) is 25.5 Å². The molecule has 0 bridgehead atoms. The minimum absolute atomic E-state index is 0. The smallest absolute Gasteiger partial charge is 0.193 e. The standard InChI is InChI=1S/C22H30N4O.HI/c1-27-21-11-7-10-20(15-21)25-22(23)24-16-18-8-6-9-19(14-18)17-26-12-4-2-3-5-13-26;/h6-11,14-15H,2-5,12-13,16-17H2,1H3,(H3,23,24,25);1H. The van der Waals surface area contributed by atoms with Gasteiger partial charge in [0.25, 0.3) is 0 Å². The average Bonchev–Trinajstić information content (AvgIpc) is 2.95. The van der Waals surface area contributed by atoms with E-state index in [-0.39, 0.29) is 24.0 Å². The summed E-state index contributed by atoms with van der Waals surface area (Å²) in [6.07, 6.45) is 5.36. The van der Waals surface area contributed by atoms with Gasteiger partial charge in [-0.2, -0.15) is 0 Å². The number of guanidine groups is 1. The molecule has 152 valence electrons. The lowest BCUT2D eigenvalue weighted by Crippen LogP contribution is -2.24.